The van der Waals surface area contributed by atoms with Gasteiger partial charge in [0.25, 0.3) is 5.91 Å². The third-order valence-corrected chi connectivity index (χ3v) is 3.83. The zero-order valence-electron chi connectivity index (χ0n) is 14.4. The van der Waals surface area contributed by atoms with Crippen molar-refractivity contribution in [1.82, 2.24) is 4.98 Å². The largest absolute Gasteiger partial charge is 0.495 e. The summed E-state index contributed by atoms with van der Waals surface area (Å²) in [4.78, 5) is 28.9. The standard InChI is InChI=1S/C20H18N2O4/c1-13(19(23)22-16-9-5-6-10-18(16)25-2)26-20(24)17-12-11-14-7-3-4-8-15(14)21-17/h3-13H,1-2H3,(H,22,23)/t13-/m0/s1. The molecule has 0 aliphatic carbocycles. The van der Waals surface area contributed by atoms with Crippen LogP contribution in [0.5, 0.6) is 5.75 Å². The van der Waals surface area contributed by atoms with Gasteiger partial charge in [0.2, 0.25) is 0 Å². The first kappa shape index (κ1) is 17.4. The topological polar surface area (TPSA) is 77.5 Å². The third-order valence-electron chi connectivity index (χ3n) is 3.83. The van der Waals surface area contributed by atoms with E-state index in [1.165, 1.54) is 14.0 Å². The predicted octanol–water partition coefficient (Wildman–Crippen LogP) is 3.43. The number of benzene rings is 2. The second-order valence-electron chi connectivity index (χ2n) is 5.63. The second kappa shape index (κ2) is 7.65. The van der Waals surface area contributed by atoms with E-state index in [1.54, 1.807) is 36.4 Å². The highest BCUT2D eigenvalue weighted by Gasteiger charge is 2.21. The molecule has 0 radical (unpaired) electrons. The van der Waals surface area contributed by atoms with Gasteiger partial charge in [0.05, 0.1) is 18.3 Å². The van der Waals surface area contributed by atoms with Crippen molar-refractivity contribution in [2.45, 2.75) is 13.0 Å². The number of rotatable bonds is 5. The lowest BCUT2D eigenvalue weighted by molar-refractivity contribution is -0.123. The molecule has 0 aliphatic rings. The molecule has 6 nitrogen and oxygen atoms in total. The molecular formula is C20H18N2O4. The van der Waals surface area contributed by atoms with Gasteiger partial charge in [-0.25, -0.2) is 9.78 Å². The van der Waals surface area contributed by atoms with Gasteiger partial charge in [-0.05, 0) is 31.2 Å². The Morgan fingerprint density at radius 1 is 1.00 bits per heavy atom. The summed E-state index contributed by atoms with van der Waals surface area (Å²) in [5, 5.41) is 3.61. The van der Waals surface area contributed by atoms with Crippen LogP contribution in [0.1, 0.15) is 17.4 Å². The molecule has 0 bridgehead atoms. The molecule has 3 aromatic rings. The van der Waals surface area contributed by atoms with Gasteiger partial charge in [-0.3, -0.25) is 4.79 Å². The molecule has 0 spiro atoms. The summed E-state index contributed by atoms with van der Waals surface area (Å²) in [7, 11) is 1.51. The van der Waals surface area contributed by atoms with Crippen LogP contribution in [-0.2, 0) is 9.53 Å². The van der Waals surface area contributed by atoms with E-state index in [0.717, 1.165) is 5.39 Å². The zero-order chi connectivity index (χ0) is 18.5. The Bertz CT molecular complexity index is 955. The molecule has 2 aromatic carbocycles. The average Bonchev–Trinajstić information content (AvgIpc) is 2.67. The minimum Gasteiger partial charge on any atom is -0.495 e. The molecule has 1 heterocycles. The molecule has 132 valence electrons. The molecule has 3 rings (SSSR count). The quantitative estimate of drug-likeness (QED) is 0.713. The maximum Gasteiger partial charge on any atom is 0.357 e. The molecule has 0 saturated carbocycles. The van der Waals surface area contributed by atoms with E-state index in [-0.39, 0.29) is 5.69 Å². The van der Waals surface area contributed by atoms with Gasteiger partial charge >= 0.3 is 5.97 Å². The molecule has 1 N–H and O–H groups in total. The maximum absolute atomic E-state index is 12.3. The number of nitrogens with one attached hydrogen (secondary N) is 1. The fourth-order valence-electron chi connectivity index (χ4n) is 2.44. The van der Waals surface area contributed by atoms with Crippen molar-refractivity contribution < 1.29 is 19.1 Å². The second-order valence-corrected chi connectivity index (χ2v) is 5.63. The number of amides is 1. The summed E-state index contributed by atoms with van der Waals surface area (Å²) >= 11 is 0. The summed E-state index contributed by atoms with van der Waals surface area (Å²) in [6.45, 7) is 1.50. The summed E-state index contributed by atoms with van der Waals surface area (Å²) in [5.41, 5.74) is 1.35. The number of carbonyl (C=O) groups excluding carboxylic acids is 2. The fourth-order valence-corrected chi connectivity index (χ4v) is 2.44. The Labute approximate surface area is 150 Å². The SMILES string of the molecule is COc1ccccc1NC(=O)[C@H](C)OC(=O)c1ccc2ccccc2n1. The van der Waals surface area contributed by atoms with Gasteiger partial charge in [-0.15, -0.1) is 0 Å². The number of ether oxygens (including phenoxy) is 2. The number of hydrogen-bond donors (Lipinski definition) is 1. The number of carbonyl (C=O) groups is 2. The van der Waals surface area contributed by atoms with Gasteiger partial charge in [0.1, 0.15) is 11.4 Å². The van der Waals surface area contributed by atoms with Gasteiger partial charge in [-0.1, -0.05) is 36.4 Å². The van der Waals surface area contributed by atoms with Gasteiger partial charge < -0.3 is 14.8 Å². The molecule has 26 heavy (non-hydrogen) atoms. The number of methoxy groups -OCH3 is 1. The average molecular weight is 350 g/mol. The molecular weight excluding hydrogens is 332 g/mol. The number of para-hydroxylation sites is 3. The smallest absolute Gasteiger partial charge is 0.357 e. The molecule has 1 atom stereocenters. The van der Waals surface area contributed by atoms with E-state index < -0.39 is 18.0 Å². The van der Waals surface area contributed by atoms with Gasteiger partial charge in [0, 0.05) is 5.39 Å². The Morgan fingerprint density at radius 2 is 1.73 bits per heavy atom. The highest BCUT2D eigenvalue weighted by atomic mass is 16.5. The van der Waals surface area contributed by atoms with Crippen LogP contribution in [-0.4, -0.2) is 30.1 Å². The number of aromatic nitrogens is 1. The summed E-state index contributed by atoms with van der Waals surface area (Å²) in [5.74, 6) is -0.586. The minimum atomic E-state index is -0.985. The van der Waals surface area contributed by atoms with Crippen LogP contribution in [0.4, 0.5) is 5.69 Å². The molecule has 0 unspecified atom stereocenters. The van der Waals surface area contributed by atoms with Crippen LogP contribution >= 0.6 is 0 Å². The lowest BCUT2D eigenvalue weighted by Crippen LogP contribution is -2.30. The number of pyridine rings is 1. The minimum absolute atomic E-state index is 0.153. The van der Waals surface area contributed by atoms with Crippen LogP contribution in [0.3, 0.4) is 0 Å². The summed E-state index contributed by atoms with van der Waals surface area (Å²) in [6.07, 6.45) is -0.985. The highest BCUT2D eigenvalue weighted by Crippen LogP contribution is 2.23. The molecule has 6 heteroatoms. The van der Waals surface area contributed by atoms with Crippen LogP contribution < -0.4 is 10.1 Å². The normalized spacial score (nSPS) is 11.6. The Kier molecular flexibility index (Phi) is 5.12. The van der Waals surface area contributed by atoms with Crippen molar-refractivity contribution >= 4 is 28.5 Å². The first-order chi connectivity index (χ1) is 12.6. The van der Waals surface area contributed by atoms with Crippen LogP contribution in [0.15, 0.2) is 60.7 Å². The Morgan fingerprint density at radius 3 is 2.54 bits per heavy atom. The molecule has 0 saturated heterocycles. The van der Waals surface area contributed by atoms with E-state index in [0.29, 0.717) is 17.0 Å². The Hall–Kier alpha value is -3.41. The van der Waals surface area contributed by atoms with Crippen molar-refractivity contribution in [2.24, 2.45) is 0 Å². The van der Waals surface area contributed by atoms with Crippen molar-refractivity contribution in [3.63, 3.8) is 0 Å². The lowest BCUT2D eigenvalue weighted by Gasteiger charge is -2.15. The number of esters is 1. The number of anilines is 1. The summed E-state index contributed by atoms with van der Waals surface area (Å²) < 4.78 is 10.4. The Balaban J connectivity index is 1.68. The van der Waals surface area contributed by atoms with E-state index in [2.05, 4.69) is 10.3 Å². The number of hydrogen-bond acceptors (Lipinski definition) is 5. The van der Waals surface area contributed by atoms with E-state index in [4.69, 9.17) is 9.47 Å². The van der Waals surface area contributed by atoms with Crippen LogP contribution in [0.2, 0.25) is 0 Å². The molecule has 1 amide bonds. The van der Waals surface area contributed by atoms with Gasteiger partial charge in [-0.2, -0.15) is 0 Å². The fraction of sp³-hybridized carbons (Fsp3) is 0.150. The zero-order valence-corrected chi connectivity index (χ0v) is 14.4. The molecule has 0 fully saturated rings. The first-order valence-corrected chi connectivity index (χ1v) is 8.09. The number of nitrogens with zero attached hydrogens (tertiary/aromatic N) is 1. The number of fused-ring (bicyclic) bond motifs is 1. The third kappa shape index (κ3) is 3.80. The monoisotopic (exact) mass is 350 g/mol. The van der Waals surface area contributed by atoms with Crippen molar-refractivity contribution in [3.05, 3.63) is 66.4 Å². The highest BCUT2D eigenvalue weighted by molar-refractivity contribution is 5.98. The van der Waals surface area contributed by atoms with Crippen molar-refractivity contribution in [2.75, 3.05) is 12.4 Å². The van der Waals surface area contributed by atoms with Crippen molar-refractivity contribution in [1.29, 1.82) is 0 Å². The van der Waals surface area contributed by atoms with E-state index in [1.807, 2.05) is 24.3 Å². The lowest BCUT2D eigenvalue weighted by atomic mass is 10.2. The van der Waals surface area contributed by atoms with Crippen LogP contribution in [0, 0.1) is 0 Å². The predicted molar refractivity (Wildman–Crippen MR) is 98.2 cm³/mol. The van der Waals surface area contributed by atoms with Crippen molar-refractivity contribution in [3.8, 4) is 5.75 Å². The molecule has 1 aromatic heterocycles. The molecule has 0 aliphatic heterocycles. The van der Waals surface area contributed by atoms with E-state index in [9.17, 15) is 9.59 Å². The van der Waals surface area contributed by atoms with E-state index >= 15 is 0 Å². The van der Waals surface area contributed by atoms with Crippen LogP contribution in [0.25, 0.3) is 10.9 Å². The maximum atomic E-state index is 12.3. The van der Waals surface area contributed by atoms with Gasteiger partial charge in [0.15, 0.2) is 6.10 Å². The summed E-state index contributed by atoms with van der Waals surface area (Å²) in [6, 6.07) is 17.8. The first-order valence-electron chi connectivity index (χ1n) is 8.09.